The molecule has 6 rings (SSSR count). The van der Waals surface area contributed by atoms with E-state index in [9.17, 15) is 0 Å². The van der Waals surface area contributed by atoms with E-state index in [1.165, 1.54) is 49.3 Å². The Balaban J connectivity index is 1.30. The van der Waals surface area contributed by atoms with Gasteiger partial charge in [0, 0.05) is 31.9 Å². The Kier molecular flexibility index (Phi) is 5.15. The van der Waals surface area contributed by atoms with Crippen LogP contribution in [0.2, 0.25) is 0 Å². The van der Waals surface area contributed by atoms with Crippen molar-refractivity contribution >= 4 is 16.7 Å². The second kappa shape index (κ2) is 8.16. The molecule has 3 aromatic rings. The molecule has 1 aromatic carbocycles. The zero-order chi connectivity index (χ0) is 21.7. The predicted octanol–water partition coefficient (Wildman–Crippen LogP) is 4.45. The van der Waals surface area contributed by atoms with Gasteiger partial charge in [-0.3, -0.25) is 14.8 Å². The Morgan fingerprint density at radius 3 is 2.78 bits per heavy atom. The number of anilines is 1. The number of nitrogens with one attached hydrogen (secondary N) is 1. The lowest BCUT2D eigenvalue weighted by Crippen LogP contribution is -2.50. The first-order chi connectivity index (χ1) is 15.7. The number of nitrogens with zero attached hydrogens (tertiary/aromatic N) is 5. The van der Waals surface area contributed by atoms with Gasteiger partial charge < -0.3 is 9.88 Å². The molecule has 0 saturated carbocycles. The highest BCUT2D eigenvalue weighted by atomic mass is 15.3. The van der Waals surface area contributed by atoms with Crippen LogP contribution in [0.4, 0.5) is 5.69 Å². The Morgan fingerprint density at radius 2 is 1.88 bits per heavy atom. The largest absolute Gasteiger partial charge is 0.367 e. The molecule has 168 valence electrons. The minimum absolute atomic E-state index is 0.294. The standard InChI is InChI=1S/C26H34N6/c1-18-7-5-13-27-24(18)21-10-4-12-23(30(21)2)26-28-20-9-3-11-22(25(20)29-26)32-16-15-31-14-6-8-19(31)17-32/h3,5,7,9,11,13,19,21,23H,4,6,8,10,12,14-17H2,1-2H3,(H,28,29)/t19?,21-,23+/m0/s1. The van der Waals surface area contributed by atoms with Crippen LogP contribution in [0.1, 0.15) is 61.3 Å². The van der Waals surface area contributed by atoms with Crippen LogP contribution < -0.4 is 4.90 Å². The maximum absolute atomic E-state index is 5.23. The molecule has 3 aliphatic heterocycles. The average molecular weight is 431 g/mol. The third kappa shape index (κ3) is 3.41. The van der Waals surface area contributed by atoms with Crippen molar-refractivity contribution < 1.29 is 0 Å². The van der Waals surface area contributed by atoms with E-state index in [2.05, 4.69) is 57.9 Å². The number of hydrogen-bond acceptors (Lipinski definition) is 5. The topological polar surface area (TPSA) is 51.3 Å². The fourth-order valence-corrected chi connectivity index (χ4v) is 6.29. The van der Waals surface area contributed by atoms with Crippen molar-refractivity contribution in [3.63, 3.8) is 0 Å². The molecule has 6 nitrogen and oxygen atoms in total. The molecular weight excluding hydrogens is 396 g/mol. The van der Waals surface area contributed by atoms with Gasteiger partial charge >= 0.3 is 0 Å². The summed E-state index contributed by atoms with van der Waals surface area (Å²) in [5.41, 5.74) is 6.09. The second-order valence-corrected chi connectivity index (χ2v) is 9.91. The fraction of sp³-hybridized carbons (Fsp3) is 0.538. The molecule has 0 radical (unpaired) electrons. The highest BCUT2D eigenvalue weighted by molar-refractivity contribution is 5.89. The first kappa shape index (κ1) is 20.2. The molecule has 2 aromatic heterocycles. The summed E-state index contributed by atoms with van der Waals surface area (Å²) in [5.74, 6) is 1.10. The van der Waals surface area contributed by atoms with Crippen molar-refractivity contribution in [1.29, 1.82) is 0 Å². The van der Waals surface area contributed by atoms with Gasteiger partial charge in [-0.2, -0.15) is 0 Å². The van der Waals surface area contributed by atoms with Crippen LogP contribution >= 0.6 is 0 Å². The van der Waals surface area contributed by atoms with Crippen molar-refractivity contribution in [2.24, 2.45) is 0 Å². The molecule has 5 heterocycles. The van der Waals surface area contributed by atoms with Gasteiger partial charge in [0.15, 0.2) is 0 Å². The number of H-pyrrole nitrogens is 1. The summed E-state index contributed by atoms with van der Waals surface area (Å²) in [6.45, 7) is 6.86. The van der Waals surface area contributed by atoms with E-state index in [0.29, 0.717) is 18.1 Å². The van der Waals surface area contributed by atoms with Crippen molar-refractivity contribution in [2.45, 2.75) is 57.2 Å². The molecule has 3 atom stereocenters. The van der Waals surface area contributed by atoms with Crippen molar-refractivity contribution in [3.8, 4) is 0 Å². The number of para-hydroxylation sites is 1. The molecule has 3 fully saturated rings. The minimum atomic E-state index is 0.294. The molecule has 3 saturated heterocycles. The number of pyridine rings is 1. The summed E-state index contributed by atoms with van der Waals surface area (Å²) in [4.78, 5) is 21.4. The van der Waals surface area contributed by atoms with Crippen LogP contribution in [0.5, 0.6) is 0 Å². The fourth-order valence-electron chi connectivity index (χ4n) is 6.29. The van der Waals surface area contributed by atoms with Crippen LogP contribution in [0.15, 0.2) is 36.5 Å². The van der Waals surface area contributed by atoms with E-state index in [1.54, 1.807) is 0 Å². The van der Waals surface area contributed by atoms with Gasteiger partial charge in [-0.1, -0.05) is 12.1 Å². The third-order valence-electron chi connectivity index (χ3n) is 8.06. The third-order valence-corrected chi connectivity index (χ3v) is 8.06. The molecule has 3 aliphatic rings. The molecule has 6 heteroatoms. The number of aromatic amines is 1. The van der Waals surface area contributed by atoms with Gasteiger partial charge in [0.05, 0.1) is 29.0 Å². The molecule has 1 unspecified atom stereocenters. The predicted molar refractivity (Wildman–Crippen MR) is 129 cm³/mol. The van der Waals surface area contributed by atoms with E-state index < -0.39 is 0 Å². The number of likely N-dealkylation sites (tertiary alicyclic amines) is 1. The SMILES string of the molecule is Cc1cccnc1[C@@H]1CCC[C@H](c2nc3c(N4CCN5CCCC5C4)cccc3[nH]2)N1C. The smallest absolute Gasteiger partial charge is 0.124 e. The van der Waals surface area contributed by atoms with Gasteiger partial charge in [0.25, 0.3) is 0 Å². The molecule has 0 amide bonds. The summed E-state index contributed by atoms with van der Waals surface area (Å²) >= 11 is 0. The number of hydrogen-bond donors (Lipinski definition) is 1. The molecule has 0 spiro atoms. The number of fused-ring (bicyclic) bond motifs is 2. The van der Waals surface area contributed by atoms with Crippen molar-refractivity contribution in [3.05, 3.63) is 53.6 Å². The van der Waals surface area contributed by atoms with Gasteiger partial charge in [-0.25, -0.2) is 4.98 Å². The van der Waals surface area contributed by atoms with Gasteiger partial charge in [-0.15, -0.1) is 0 Å². The molecule has 1 N–H and O–H groups in total. The number of aromatic nitrogens is 3. The number of rotatable bonds is 3. The van der Waals surface area contributed by atoms with E-state index in [0.717, 1.165) is 42.8 Å². The monoisotopic (exact) mass is 430 g/mol. The van der Waals surface area contributed by atoms with Crippen molar-refractivity contribution in [2.75, 3.05) is 38.1 Å². The van der Waals surface area contributed by atoms with Crippen LogP contribution in [-0.2, 0) is 0 Å². The van der Waals surface area contributed by atoms with E-state index in [1.807, 2.05) is 12.3 Å². The lowest BCUT2D eigenvalue weighted by molar-refractivity contribution is 0.107. The zero-order valence-electron chi connectivity index (χ0n) is 19.3. The normalized spacial score (nSPS) is 27.2. The first-order valence-electron chi connectivity index (χ1n) is 12.3. The average Bonchev–Trinajstić information content (AvgIpc) is 3.46. The summed E-state index contributed by atoms with van der Waals surface area (Å²) in [5, 5.41) is 0. The lowest BCUT2D eigenvalue weighted by atomic mass is 9.92. The number of benzene rings is 1. The number of aryl methyl sites for hydroxylation is 1. The summed E-state index contributed by atoms with van der Waals surface area (Å²) in [6, 6.07) is 12.2. The summed E-state index contributed by atoms with van der Waals surface area (Å²) < 4.78 is 0. The Labute approximate surface area is 190 Å². The summed E-state index contributed by atoms with van der Waals surface area (Å²) in [7, 11) is 2.25. The van der Waals surface area contributed by atoms with Gasteiger partial charge in [0.2, 0.25) is 0 Å². The Morgan fingerprint density at radius 1 is 0.969 bits per heavy atom. The molecule has 0 aliphatic carbocycles. The molecular formula is C26H34N6. The van der Waals surface area contributed by atoms with Gasteiger partial charge in [-0.05, 0) is 76.4 Å². The highest BCUT2D eigenvalue weighted by Crippen LogP contribution is 2.41. The maximum atomic E-state index is 5.23. The van der Waals surface area contributed by atoms with Crippen LogP contribution in [0, 0.1) is 6.92 Å². The highest BCUT2D eigenvalue weighted by Gasteiger charge is 2.34. The van der Waals surface area contributed by atoms with E-state index in [-0.39, 0.29) is 0 Å². The van der Waals surface area contributed by atoms with Gasteiger partial charge in [0.1, 0.15) is 11.3 Å². The van der Waals surface area contributed by atoms with Crippen LogP contribution in [0.25, 0.3) is 11.0 Å². The number of piperidine rings is 1. The van der Waals surface area contributed by atoms with Crippen molar-refractivity contribution in [1.82, 2.24) is 24.8 Å². The summed E-state index contributed by atoms with van der Waals surface area (Å²) in [6.07, 6.45) is 8.09. The minimum Gasteiger partial charge on any atom is -0.367 e. The zero-order valence-corrected chi connectivity index (χ0v) is 19.3. The molecule has 0 bridgehead atoms. The quantitative estimate of drug-likeness (QED) is 0.665. The van der Waals surface area contributed by atoms with Crippen LogP contribution in [0.3, 0.4) is 0 Å². The lowest BCUT2D eigenvalue weighted by Gasteiger charge is -2.39. The number of imidazole rings is 1. The first-order valence-corrected chi connectivity index (χ1v) is 12.3. The number of piperazine rings is 1. The maximum Gasteiger partial charge on any atom is 0.124 e. The van der Waals surface area contributed by atoms with E-state index in [4.69, 9.17) is 9.97 Å². The molecule has 32 heavy (non-hydrogen) atoms. The second-order valence-electron chi connectivity index (χ2n) is 9.91. The Bertz CT molecular complexity index is 1110. The van der Waals surface area contributed by atoms with Crippen LogP contribution in [-0.4, -0.2) is 64.0 Å². The Hall–Kier alpha value is -2.44. The van der Waals surface area contributed by atoms with E-state index >= 15 is 0 Å².